The lowest BCUT2D eigenvalue weighted by molar-refractivity contribution is -0.131. The third-order valence-corrected chi connectivity index (χ3v) is 6.76. The Morgan fingerprint density at radius 2 is 1.88 bits per heavy atom. The first-order chi connectivity index (χ1) is 15.8. The summed E-state index contributed by atoms with van der Waals surface area (Å²) in [5.74, 6) is 0.549. The van der Waals surface area contributed by atoms with E-state index in [4.69, 9.17) is 11.6 Å². The molecule has 2 heterocycles. The van der Waals surface area contributed by atoms with Gasteiger partial charge in [-0.05, 0) is 36.5 Å². The fourth-order valence-electron chi connectivity index (χ4n) is 4.81. The lowest BCUT2D eigenvalue weighted by Crippen LogP contribution is -2.58. The zero-order valence-corrected chi connectivity index (χ0v) is 19.1. The molecular formula is C23H27ClF3N5O. The number of anilines is 1. The topological polar surface area (TPSA) is 61.4 Å². The molecule has 1 aromatic carbocycles. The standard InChI is InChI=1S/C23H27ClF3N5O/c1-15-2-7-19-20(15)22(30-14-29-19)32-10-8-31(9-11-32)21(28-13-23(25,26)27)18(12-33)16-3-5-17(24)6-4-16/h3-6,12,14-15,18,21,28H,2,7-11,13H2,1H3/t15-,18?,21?/m1/s1. The van der Waals surface area contributed by atoms with Crippen LogP contribution in [0.4, 0.5) is 19.0 Å². The Morgan fingerprint density at radius 1 is 1.18 bits per heavy atom. The zero-order valence-electron chi connectivity index (χ0n) is 18.4. The highest BCUT2D eigenvalue weighted by Crippen LogP contribution is 2.37. The summed E-state index contributed by atoms with van der Waals surface area (Å²) in [7, 11) is 0. The SMILES string of the molecule is C[C@@H]1CCc2ncnc(N3CCN(C(NCC(F)(F)F)C(C=O)c4ccc(Cl)cc4)CC3)c21. The second kappa shape index (κ2) is 9.95. The van der Waals surface area contributed by atoms with Crippen LogP contribution in [0.5, 0.6) is 0 Å². The van der Waals surface area contributed by atoms with E-state index in [1.165, 1.54) is 5.56 Å². The summed E-state index contributed by atoms with van der Waals surface area (Å²) in [6.45, 7) is 3.21. The van der Waals surface area contributed by atoms with Crippen molar-refractivity contribution in [3.8, 4) is 0 Å². The minimum atomic E-state index is -4.38. The molecule has 1 aliphatic heterocycles. The van der Waals surface area contributed by atoms with Crippen LogP contribution in [0.2, 0.25) is 5.02 Å². The Bertz CT molecular complexity index is 964. The molecule has 1 N–H and O–H groups in total. The van der Waals surface area contributed by atoms with Gasteiger partial charge in [-0.3, -0.25) is 10.2 Å². The van der Waals surface area contributed by atoms with E-state index < -0.39 is 24.8 Å². The van der Waals surface area contributed by atoms with E-state index in [9.17, 15) is 18.0 Å². The molecular weight excluding hydrogens is 455 g/mol. The quantitative estimate of drug-likeness (QED) is 0.608. The minimum Gasteiger partial charge on any atom is -0.354 e. The monoisotopic (exact) mass is 481 g/mol. The van der Waals surface area contributed by atoms with Gasteiger partial charge in [-0.25, -0.2) is 9.97 Å². The predicted octanol–water partition coefficient (Wildman–Crippen LogP) is 3.76. The van der Waals surface area contributed by atoms with Gasteiger partial charge in [-0.1, -0.05) is 30.7 Å². The second-order valence-electron chi connectivity index (χ2n) is 8.67. The van der Waals surface area contributed by atoms with E-state index >= 15 is 0 Å². The summed E-state index contributed by atoms with van der Waals surface area (Å²) in [5, 5.41) is 3.09. The summed E-state index contributed by atoms with van der Waals surface area (Å²) in [5.41, 5.74) is 2.90. The molecule has 0 radical (unpaired) electrons. The molecule has 1 aliphatic carbocycles. The van der Waals surface area contributed by atoms with Crippen LogP contribution in [0.1, 0.15) is 42.0 Å². The molecule has 1 fully saturated rings. The number of aryl methyl sites for hydroxylation is 1. The van der Waals surface area contributed by atoms with Gasteiger partial charge >= 0.3 is 6.18 Å². The van der Waals surface area contributed by atoms with E-state index in [0.29, 0.717) is 49.0 Å². The van der Waals surface area contributed by atoms with Crippen LogP contribution in [-0.4, -0.2) is 66.2 Å². The maximum atomic E-state index is 13.0. The molecule has 4 rings (SSSR count). The van der Waals surface area contributed by atoms with Gasteiger partial charge in [0.05, 0.1) is 18.6 Å². The lowest BCUT2D eigenvalue weighted by atomic mass is 9.95. The minimum absolute atomic E-state index is 0.389. The number of fused-ring (bicyclic) bond motifs is 1. The van der Waals surface area contributed by atoms with Crippen LogP contribution >= 0.6 is 11.6 Å². The van der Waals surface area contributed by atoms with Gasteiger partial charge in [0, 0.05) is 42.5 Å². The first-order valence-corrected chi connectivity index (χ1v) is 11.5. The Balaban J connectivity index is 1.52. The van der Waals surface area contributed by atoms with Crippen molar-refractivity contribution in [3.05, 3.63) is 52.4 Å². The fraction of sp³-hybridized carbons (Fsp3) is 0.522. The molecule has 2 aromatic rings. The van der Waals surface area contributed by atoms with Crippen molar-refractivity contribution in [2.75, 3.05) is 37.6 Å². The van der Waals surface area contributed by atoms with E-state index in [1.54, 1.807) is 30.6 Å². The highest BCUT2D eigenvalue weighted by Gasteiger charge is 2.36. The highest BCUT2D eigenvalue weighted by molar-refractivity contribution is 6.30. The van der Waals surface area contributed by atoms with Gasteiger partial charge < -0.3 is 9.69 Å². The number of alkyl halides is 3. The summed E-state index contributed by atoms with van der Waals surface area (Å²) >= 11 is 5.95. The van der Waals surface area contributed by atoms with Gasteiger partial charge in [0.2, 0.25) is 0 Å². The molecule has 0 amide bonds. The number of benzene rings is 1. The van der Waals surface area contributed by atoms with Gasteiger partial charge in [-0.15, -0.1) is 0 Å². The van der Waals surface area contributed by atoms with Crippen molar-refractivity contribution in [1.29, 1.82) is 0 Å². The molecule has 10 heteroatoms. The Morgan fingerprint density at radius 3 is 2.52 bits per heavy atom. The lowest BCUT2D eigenvalue weighted by Gasteiger charge is -2.42. The number of aromatic nitrogens is 2. The molecule has 1 aromatic heterocycles. The van der Waals surface area contributed by atoms with Gasteiger partial charge in [0.15, 0.2) is 0 Å². The van der Waals surface area contributed by atoms with Gasteiger partial charge in [0.25, 0.3) is 0 Å². The molecule has 178 valence electrons. The van der Waals surface area contributed by atoms with Gasteiger partial charge in [-0.2, -0.15) is 13.2 Å². The van der Waals surface area contributed by atoms with E-state index in [0.717, 1.165) is 24.4 Å². The summed E-state index contributed by atoms with van der Waals surface area (Å²) in [4.78, 5) is 25.1. The average Bonchev–Trinajstić information content (AvgIpc) is 3.18. The van der Waals surface area contributed by atoms with Crippen LogP contribution < -0.4 is 10.2 Å². The largest absolute Gasteiger partial charge is 0.401 e. The number of rotatable bonds is 7. The van der Waals surface area contributed by atoms with Crippen molar-refractivity contribution in [1.82, 2.24) is 20.2 Å². The first kappa shape index (κ1) is 23.9. The molecule has 2 unspecified atom stereocenters. The maximum Gasteiger partial charge on any atom is 0.401 e. The smallest absolute Gasteiger partial charge is 0.354 e. The summed E-state index contributed by atoms with van der Waals surface area (Å²) in [6, 6.07) is 6.66. The van der Waals surface area contributed by atoms with E-state index in [2.05, 4.69) is 27.1 Å². The van der Waals surface area contributed by atoms with Crippen LogP contribution in [-0.2, 0) is 11.2 Å². The van der Waals surface area contributed by atoms with Crippen molar-refractivity contribution >= 4 is 23.7 Å². The fourth-order valence-corrected chi connectivity index (χ4v) is 4.94. The van der Waals surface area contributed by atoms with Crippen molar-refractivity contribution < 1.29 is 18.0 Å². The van der Waals surface area contributed by atoms with E-state index in [1.807, 2.05) is 4.90 Å². The number of aldehydes is 1. The Hall–Kier alpha value is -2.23. The zero-order chi connectivity index (χ0) is 23.6. The van der Waals surface area contributed by atoms with Crippen LogP contribution in [0, 0.1) is 0 Å². The third kappa shape index (κ3) is 5.47. The van der Waals surface area contributed by atoms with Gasteiger partial charge in [0.1, 0.15) is 18.4 Å². The predicted molar refractivity (Wildman–Crippen MR) is 121 cm³/mol. The molecule has 33 heavy (non-hydrogen) atoms. The number of nitrogens with zero attached hydrogens (tertiary/aromatic N) is 4. The highest BCUT2D eigenvalue weighted by atomic mass is 35.5. The third-order valence-electron chi connectivity index (χ3n) is 6.51. The molecule has 0 saturated carbocycles. The van der Waals surface area contributed by atoms with Crippen molar-refractivity contribution in [2.45, 2.75) is 43.9 Å². The molecule has 0 spiro atoms. The number of nitrogens with one attached hydrogen (secondary N) is 1. The summed E-state index contributed by atoms with van der Waals surface area (Å²) in [6.07, 6.45) is -0.880. The number of hydrogen-bond acceptors (Lipinski definition) is 6. The molecule has 6 nitrogen and oxygen atoms in total. The van der Waals surface area contributed by atoms with Crippen LogP contribution in [0.15, 0.2) is 30.6 Å². The molecule has 1 saturated heterocycles. The molecule has 0 bridgehead atoms. The summed E-state index contributed by atoms with van der Waals surface area (Å²) < 4.78 is 39.1. The number of hydrogen-bond donors (Lipinski definition) is 1. The first-order valence-electron chi connectivity index (χ1n) is 11.1. The average molecular weight is 482 g/mol. The van der Waals surface area contributed by atoms with Crippen LogP contribution in [0.25, 0.3) is 0 Å². The molecule has 3 atom stereocenters. The van der Waals surface area contributed by atoms with Crippen LogP contribution in [0.3, 0.4) is 0 Å². The number of halogens is 4. The number of carbonyl (C=O) groups excluding carboxylic acids is 1. The van der Waals surface area contributed by atoms with Crippen molar-refractivity contribution in [3.63, 3.8) is 0 Å². The molecule has 2 aliphatic rings. The number of carbonyl (C=O) groups is 1. The maximum absolute atomic E-state index is 13.0. The number of piperazine rings is 1. The second-order valence-corrected chi connectivity index (χ2v) is 9.11. The van der Waals surface area contributed by atoms with E-state index in [-0.39, 0.29) is 0 Å². The normalized spacial score (nSPS) is 21.0. The van der Waals surface area contributed by atoms with Crippen molar-refractivity contribution in [2.24, 2.45) is 0 Å². The Labute approximate surface area is 196 Å². The Kier molecular flexibility index (Phi) is 7.21.